The smallest absolute Gasteiger partial charge is 0.250 e. The summed E-state index contributed by atoms with van der Waals surface area (Å²) in [5.41, 5.74) is 8.92. The summed E-state index contributed by atoms with van der Waals surface area (Å²) in [5.74, 6) is 5.63. The van der Waals surface area contributed by atoms with Gasteiger partial charge in [-0.15, -0.1) is 0 Å². The lowest BCUT2D eigenvalue weighted by Gasteiger charge is -2.05. The summed E-state index contributed by atoms with van der Waals surface area (Å²) in [4.78, 5) is 19.7. The van der Waals surface area contributed by atoms with Gasteiger partial charge in [-0.3, -0.25) is 14.8 Å². The largest absolute Gasteiger partial charge is 0.366 e. The number of amides is 1. The Morgan fingerprint density at radius 2 is 1.65 bits per heavy atom. The molecule has 1 amide bonds. The van der Waals surface area contributed by atoms with Crippen LogP contribution in [-0.2, 0) is 0 Å². The predicted octanol–water partition coefficient (Wildman–Crippen LogP) is 2.64. The van der Waals surface area contributed by atoms with Crippen molar-refractivity contribution >= 4 is 5.91 Å². The Kier molecular flexibility index (Phi) is 4.12. The average Bonchev–Trinajstić information content (AvgIpc) is 2.61. The number of hydrogen-bond donors (Lipinski definition) is 1. The van der Waals surface area contributed by atoms with Crippen LogP contribution in [0.5, 0.6) is 0 Å². The number of benzene rings is 1. The first-order valence-electron chi connectivity index (χ1n) is 7.01. The first-order valence-corrected chi connectivity index (χ1v) is 7.01. The lowest BCUT2D eigenvalue weighted by molar-refractivity contribution is 0.100. The fourth-order valence-corrected chi connectivity index (χ4v) is 2.13. The highest BCUT2D eigenvalue weighted by molar-refractivity contribution is 5.98. The lowest BCUT2D eigenvalue weighted by Crippen LogP contribution is -2.12. The molecule has 4 heteroatoms. The van der Waals surface area contributed by atoms with Crippen molar-refractivity contribution < 1.29 is 4.79 Å². The van der Waals surface area contributed by atoms with Crippen LogP contribution in [0, 0.1) is 11.8 Å². The van der Waals surface area contributed by atoms with Crippen LogP contribution in [0.4, 0.5) is 0 Å². The Labute approximate surface area is 134 Å². The van der Waals surface area contributed by atoms with E-state index >= 15 is 0 Å². The summed E-state index contributed by atoms with van der Waals surface area (Å²) in [6.07, 6.45) is 5.06. The molecule has 3 rings (SSSR count). The second-order valence-electron chi connectivity index (χ2n) is 4.83. The molecule has 0 unspecified atom stereocenters. The molecule has 0 atom stereocenters. The zero-order valence-electron chi connectivity index (χ0n) is 12.2. The molecule has 3 aromatic rings. The molecule has 0 aliphatic heterocycles. The van der Waals surface area contributed by atoms with Gasteiger partial charge in [-0.1, -0.05) is 24.0 Å². The molecular formula is C19H13N3O. The minimum absolute atomic E-state index is 0.404. The number of carbonyl (C=O) groups is 1. The number of pyridine rings is 2. The lowest BCUT2D eigenvalue weighted by atomic mass is 10.0. The van der Waals surface area contributed by atoms with E-state index in [0.717, 1.165) is 16.7 Å². The van der Waals surface area contributed by atoms with Crippen LogP contribution < -0.4 is 5.73 Å². The molecule has 23 heavy (non-hydrogen) atoms. The first kappa shape index (κ1) is 14.5. The van der Waals surface area contributed by atoms with Gasteiger partial charge in [0, 0.05) is 35.3 Å². The first-order chi connectivity index (χ1) is 11.2. The molecule has 0 spiro atoms. The summed E-state index contributed by atoms with van der Waals surface area (Å²) in [6.45, 7) is 0. The maximum atomic E-state index is 11.5. The van der Waals surface area contributed by atoms with Crippen molar-refractivity contribution in [3.8, 4) is 23.1 Å². The van der Waals surface area contributed by atoms with Crippen LogP contribution in [0.25, 0.3) is 11.3 Å². The number of primary amides is 1. The van der Waals surface area contributed by atoms with Gasteiger partial charge in [-0.05, 0) is 36.4 Å². The number of aromatic nitrogens is 2. The molecule has 2 N–H and O–H groups in total. The molecule has 2 aromatic heterocycles. The highest BCUT2D eigenvalue weighted by atomic mass is 16.1. The molecule has 0 radical (unpaired) electrons. The molecule has 0 saturated carbocycles. The van der Waals surface area contributed by atoms with Crippen molar-refractivity contribution in [3.63, 3.8) is 0 Å². The second kappa shape index (κ2) is 6.54. The van der Waals surface area contributed by atoms with E-state index < -0.39 is 5.91 Å². The summed E-state index contributed by atoms with van der Waals surface area (Å²) in [6, 6.07) is 14.6. The van der Waals surface area contributed by atoms with E-state index in [4.69, 9.17) is 5.73 Å². The molecule has 4 nitrogen and oxygen atoms in total. The van der Waals surface area contributed by atoms with E-state index in [0.29, 0.717) is 11.3 Å². The fourth-order valence-electron chi connectivity index (χ4n) is 2.13. The zero-order chi connectivity index (χ0) is 16.1. The van der Waals surface area contributed by atoms with E-state index in [9.17, 15) is 4.79 Å². The van der Waals surface area contributed by atoms with Gasteiger partial charge in [-0.25, -0.2) is 0 Å². The van der Waals surface area contributed by atoms with Gasteiger partial charge >= 0.3 is 0 Å². The maximum absolute atomic E-state index is 11.5. The van der Waals surface area contributed by atoms with Gasteiger partial charge in [0.05, 0.1) is 11.3 Å². The van der Waals surface area contributed by atoms with E-state index in [1.807, 2.05) is 36.4 Å². The molecular weight excluding hydrogens is 286 g/mol. The van der Waals surface area contributed by atoms with Gasteiger partial charge in [0.25, 0.3) is 5.91 Å². The summed E-state index contributed by atoms with van der Waals surface area (Å²) in [7, 11) is 0. The number of carbonyl (C=O) groups excluding carboxylic acids is 1. The van der Waals surface area contributed by atoms with Gasteiger partial charge < -0.3 is 5.73 Å². The van der Waals surface area contributed by atoms with E-state index in [2.05, 4.69) is 21.8 Å². The molecule has 0 bridgehead atoms. The predicted molar refractivity (Wildman–Crippen MR) is 88.4 cm³/mol. The summed E-state index contributed by atoms with van der Waals surface area (Å²) in [5, 5.41) is 0. The number of nitrogens with two attached hydrogens (primary N) is 1. The van der Waals surface area contributed by atoms with Crippen LogP contribution in [0.3, 0.4) is 0 Å². The third kappa shape index (κ3) is 3.42. The van der Waals surface area contributed by atoms with E-state index in [-0.39, 0.29) is 0 Å². The Balaban J connectivity index is 1.89. The number of hydrogen-bond acceptors (Lipinski definition) is 3. The van der Waals surface area contributed by atoms with E-state index in [1.165, 1.54) is 0 Å². The number of nitrogens with zero attached hydrogens (tertiary/aromatic N) is 2. The Morgan fingerprint density at radius 1 is 0.913 bits per heavy atom. The van der Waals surface area contributed by atoms with Crippen molar-refractivity contribution in [1.29, 1.82) is 0 Å². The Hall–Kier alpha value is -3.45. The molecule has 110 valence electrons. The highest BCUT2D eigenvalue weighted by Gasteiger charge is 2.10. The molecule has 1 aromatic carbocycles. The van der Waals surface area contributed by atoms with Crippen molar-refractivity contribution in [1.82, 2.24) is 9.97 Å². The highest BCUT2D eigenvalue weighted by Crippen LogP contribution is 2.21. The zero-order valence-corrected chi connectivity index (χ0v) is 12.2. The normalized spacial score (nSPS) is 9.74. The van der Waals surface area contributed by atoms with Crippen LogP contribution >= 0.6 is 0 Å². The topological polar surface area (TPSA) is 68.9 Å². The van der Waals surface area contributed by atoms with Crippen LogP contribution in [-0.4, -0.2) is 15.9 Å². The average molecular weight is 299 g/mol. The van der Waals surface area contributed by atoms with Crippen LogP contribution in [0.2, 0.25) is 0 Å². The number of rotatable bonds is 2. The van der Waals surface area contributed by atoms with Crippen molar-refractivity contribution in [2.24, 2.45) is 5.73 Å². The fraction of sp³-hybridized carbons (Fsp3) is 0. The standard InChI is InChI=1S/C19H13N3O/c20-19(23)17-4-2-12-22-18(17)16-9-7-14(8-10-16)5-6-15-3-1-11-21-13-15/h1-4,7-13H,(H2,20,23). The van der Waals surface area contributed by atoms with Gasteiger partial charge in [-0.2, -0.15) is 0 Å². The van der Waals surface area contributed by atoms with Gasteiger partial charge in [0.1, 0.15) is 0 Å². The van der Waals surface area contributed by atoms with Crippen LogP contribution in [0.15, 0.2) is 67.1 Å². The molecule has 0 aliphatic rings. The SMILES string of the molecule is NC(=O)c1cccnc1-c1ccc(C#Cc2cccnc2)cc1. The minimum Gasteiger partial charge on any atom is -0.366 e. The van der Waals surface area contributed by atoms with E-state index in [1.54, 1.807) is 30.7 Å². The summed E-state index contributed by atoms with van der Waals surface area (Å²) < 4.78 is 0. The van der Waals surface area contributed by atoms with Crippen LogP contribution in [0.1, 0.15) is 21.5 Å². The molecule has 0 saturated heterocycles. The quantitative estimate of drug-likeness (QED) is 0.740. The molecule has 2 heterocycles. The monoisotopic (exact) mass is 299 g/mol. The Morgan fingerprint density at radius 3 is 2.35 bits per heavy atom. The van der Waals surface area contributed by atoms with Gasteiger partial charge in [0.15, 0.2) is 0 Å². The maximum Gasteiger partial charge on any atom is 0.250 e. The third-order valence-corrected chi connectivity index (χ3v) is 3.24. The van der Waals surface area contributed by atoms with Crippen molar-refractivity contribution in [2.45, 2.75) is 0 Å². The van der Waals surface area contributed by atoms with Crippen molar-refractivity contribution in [2.75, 3.05) is 0 Å². The Bertz CT molecular complexity index is 891. The molecule has 0 aliphatic carbocycles. The molecule has 0 fully saturated rings. The summed E-state index contributed by atoms with van der Waals surface area (Å²) >= 11 is 0. The third-order valence-electron chi connectivity index (χ3n) is 3.24. The van der Waals surface area contributed by atoms with Crippen molar-refractivity contribution in [3.05, 3.63) is 83.8 Å². The minimum atomic E-state index is -0.492. The van der Waals surface area contributed by atoms with Gasteiger partial charge in [0.2, 0.25) is 0 Å². The second-order valence-corrected chi connectivity index (χ2v) is 4.83.